The van der Waals surface area contributed by atoms with E-state index in [9.17, 15) is 4.79 Å². The van der Waals surface area contributed by atoms with Crippen molar-refractivity contribution in [3.63, 3.8) is 0 Å². The number of anilines is 2. The van der Waals surface area contributed by atoms with E-state index >= 15 is 0 Å². The zero-order valence-corrected chi connectivity index (χ0v) is 13.2. The highest BCUT2D eigenvalue weighted by Crippen LogP contribution is 2.22. The number of benzene rings is 1. The van der Waals surface area contributed by atoms with Gasteiger partial charge in [0.15, 0.2) is 0 Å². The third-order valence-electron chi connectivity index (χ3n) is 4.00. The van der Waals surface area contributed by atoms with Gasteiger partial charge in [-0.05, 0) is 37.1 Å². The molecule has 2 heterocycles. The van der Waals surface area contributed by atoms with Crippen LogP contribution < -0.4 is 10.2 Å². The second-order valence-corrected chi connectivity index (χ2v) is 5.63. The van der Waals surface area contributed by atoms with Crippen LogP contribution in [0.1, 0.15) is 12.8 Å². The molecule has 7 nitrogen and oxygen atoms in total. The zero-order valence-electron chi connectivity index (χ0n) is 13.2. The van der Waals surface area contributed by atoms with E-state index in [-0.39, 0.29) is 12.5 Å². The average Bonchev–Trinajstić information content (AvgIpc) is 3.08. The van der Waals surface area contributed by atoms with Gasteiger partial charge in [0.2, 0.25) is 5.91 Å². The molecule has 1 aliphatic heterocycles. The molecule has 0 saturated carbocycles. The van der Waals surface area contributed by atoms with Gasteiger partial charge in [0.25, 0.3) is 0 Å². The molecule has 1 unspecified atom stereocenters. The molecule has 0 aliphatic carbocycles. The number of carbonyl (C=O) groups is 1. The highest BCUT2D eigenvalue weighted by Gasteiger charge is 2.19. The summed E-state index contributed by atoms with van der Waals surface area (Å²) < 4.78 is 6.95. The maximum absolute atomic E-state index is 11.9. The standard InChI is InChI=1S/C16H21N5O2/c1-23-15-3-2-8-20(9-15)14-6-4-13(5-7-14)19-16(22)10-21-12-17-11-18-21/h4-7,11-12,15H,2-3,8-10H2,1H3,(H,19,22). The van der Waals surface area contributed by atoms with Crippen molar-refractivity contribution in [2.75, 3.05) is 30.4 Å². The van der Waals surface area contributed by atoms with E-state index < -0.39 is 0 Å². The molecular weight excluding hydrogens is 294 g/mol. The number of piperidine rings is 1. The highest BCUT2D eigenvalue weighted by molar-refractivity contribution is 5.90. The van der Waals surface area contributed by atoms with Crippen molar-refractivity contribution >= 4 is 17.3 Å². The maximum atomic E-state index is 11.9. The summed E-state index contributed by atoms with van der Waals surface area (Å²) in [6.45, 7) is 2.11. The molecular formula is C16H21N5O2. The highest BCUT2D eigenvalue weighted by atomic mass is 16.5. The van der Waals surface area contributed by atoms with E-state index in [0.29, 0.717) is 6.10 Å². The van der Waals surface area contributed by atoms with Gasteiger partial charge >= 0.3 is 0 Å². The molecule has 3 rings (SSSR count). The van der Waals surface area contributed by atoms with Crippen molar-refractivity contribution in [2.24, 2.45) is 0 Å². The number of hydrogen-bond donors (Lipinski definition) is 1. The van der Waals surface area contributed by atoms with Crippen LogP contribution in [0.25, 0.3) is 0 Å². The largest absolute Gasteiger partial charge is 0.380 e. The molecule has 7 heteroatoms. The van der Waals surface area contributed by atoms with Crippen LogP contribution in [-0.2, 0) is 16.1 Å². The third-order valence-corrected chi connectivity index (χ3v) is 4.00. The lowest BCUT2D eigenvalue weighted by Crippen LogP contribution is -2.39. The molecule has 23 heavy (non-hydrogen) atoms. The number of hydrogen-bond acceptors (Lipinski definition) is 5. The second-order valence-electron chi connectivity index (χ2n) is 5.63. The average molecular weight is 315 g/mol. The predicted molar refractivity (Wildman–Crippen MR) is 87.3 cm³/mol. The number of carbonyl (C=O) groups excluding carboxylic acids is 1. The SMILES string of the molecule is COC1CCCN(c2ccc(NC(=O)Cn3cncn3)cc2)C1. The molecule has 1 fully saturated rings. The Morgan fingerprint density at radius 1 is 1.39 bits per heavy atom. The molecule has 1 saturated heterocycles. The summed E-state index contributed by atoms with van der Waals surface area (Å²) in [5.41, 5.74) is 1.93. The van der Waals surface area contributed by atoms with Gasteiger partial charge in [-0.1, -0.05) is 0 Å². The van der Waals surface area contributed by atoms with Gasteiger partial charge in [0.1, 0.15) is 19.2 Å². The Labute approximate surface area is 135 Å². The number of amides is 1. The van der Waals surface area contributed by atoms with Gasteiger partial charge in [0, 0.05) is 31.6 Å². The van der Waals surface area contributed by atoms with E-state index in [0.717, 1.165) is 37.3 Å². The Morgan fingerprint density at radius 2 is 2.22 bits per heavy atom. The van der Waals surface area contributed by atoms with E-state index in [1.807, 2.05) is 24.3 Å². The van der Waals surface area contributed by atoms with Crippen LogP contribution in [0, 0.1) is 0 Å². The van der Waals surface area contributed by atoms with Crippen molar-refractivity contribution in [3.05, 3.63) is 36.9 Å². The molecule has 1 aliphatic rings. The monoisotopic (exact) mass is 315 g/mol. The molecule has 1 aromatic heterocycles. The van der Waals surface area contributed by atoms with Crippen LogP contribution in [0.2, 0.25) is 0 Å². The molecule has 2 aromatic rings. The van der Waals surface area contributed by atoms with E-state index in [4.69, 9.17) is 4.74 Å². The van der Waals surface area contributed by atoms with Crippen LogP contribution in [-0.4, -0.2) is 47.0 Å². The first-order chi connectivity index (χ1) is 11.2. The molecule has 0 radical (unpaired) electrons. The molecule has 1 atom stereocenters. The maximum Gasteiger partial charge on any atom is 0.246 e. The predicted octanol–water partition coefficient (Wildman–Crippen LogP) is 1.53. The number of rotatable bonds is 5. The summed E-state index contributed by atoms with van der Waals surface area (Å²) in [5.74, 6) is -0.124. The minimum Gasteiger partial charge on any atom is -0.380 e. The molecule has 0 spiro atoms. The topological polar surface area (TPSA) is 72.3 Å². The van der Waals surface area contributed by atoms with Crippen LogP contribution in [0.4, 0.5) is 11.4 Å². The van der Waals surface area contributed by atoms with Gasteiger partial charge in [-0.25, -0.2) is 9.67 Å². The zero-order chi connectivity index (χ0) is 16.1. The molecule has 1 N–H and O–H groups in total. The molecule has 1 amide bonds. The van der Waals surface area contributed by atoms with Crippen LogP contribution in [0.15, 0.2) is 36.9 Å². The van der Waals surface area contributed by atoms with Gasteiger partial charge in [-0.15, -0.1) is 0 Å². The van der Waals surface area contributed by atoms with Crippen molar-refractivity contribution in [2.45, 2.75) is 25.5 Å². The van der Waals surface area contributed by atoms with Crippen molar-refractivity contribution in [1.29, 1.82) is 0 Å². The molecule has 0 bridgehead atoms. The van der Waals surface area contributed by atoms with Crippen molar-refractivity contribution < 1.29 is 9.53 Å². The molecule has 122 valence electrons. The lowest BCUT2D eigenvalue weighted by atomic mass is 10.1. The fraction of sp³-hybridized carbons (Fsp3) is 0.438. The summed E-state index contributed by atoms with van der Waals surface area (Å²) in [6, 6.07) is 7.90. The minimum atomic E-state index is -0.124. The van der Waals surface area contributed by atoms with Gasteiger partial charge < -0.3 is 15.0 Å². The van der Waals surface area contributed by atoms with Crippen molar-refractivity contribution in [3.8, 4) is 0 Å². The number of ether oxygens (including phenoxy) is 1. The summed E-state index contributed by atoms with van der Waals surface area (Å²) in [5, 5.41) is 6.77. The second kappa shape index (κ2) is 7.23. The van der Waals surface area contributed by atoms with Crippen molar-refractivity contribution in [1.82, 2.24) is 14.8 Å². The lowest BCUT2D eigenvalue weighted by Gasteiger charge is -2.33. The smallest absolute Gasteiger partial charge is 0.246 e. The van der Waals surface area contributed by atoms with E-state index in [1.54, 1.807) is 7.11 Å². The fourth-order valence-corrected chi connectivity index (χ4v) is 2.78. The van der Waals surface area contributed by atoms with Gasteiger partial charge in [0.05, 0.1) is 6.10 Å². The number of aromatic nitrogens is 3. The normalized spacial score (nSPS) is 18.0. The van der Waals surface area contributed by atoms with Crippen LogP contribution in [0.3, 0.4) is 0 Å². The Balaban J connectivity index is 1.57. The Morgan fingerprint density at radius 3 is 2.91 bits per heavy atom. The first-order valence-electron chi connectivity index (χ1n) is 7.74. The number of methoxy groups -OCH3 is 1. The Hall–Kier alpha value is -2.41. The van der Waals surface area contributed by atoms with Gasteiger partial charge in [-0.3, -0.25) is 4.79 Å². The summed E-state index contributed by atoms with van der Waals surface area (Å²) in [6.07, 6.45) is 5.48. The van der Waals surface area contributed by atoms with Gasteiger partial charge in [-0.2, -0.15) is 5.10 Å². The molecule has 1 aromatic carbocycles. The quantitative estimate of drug-likeness (QED) is 0.906. The lowest BCUT2D eigenvalue weighted by molar-refractivity contribution is -0.116. The summed E-state index contributed by atoms with van der Waals surface area (Å²) in [4.78, 5) is 18.1. The first-order valence-corrected chi connectivity index (χ1v) is 7.74. The Bertz CT molecular complexity index is 626. The first kappa shape index (κ1) is 15.5. The third kappa shape index (κ3) is 4.07. The van der Waals surface area contributed by atoms with Crippen LogP contribution in [0.5, 0.6) is 0 Å². The fourth-order valence-electron chi connectivity index (χ4n) is 2.78. The van der Waals surface area contributed by atoms with E-state index in [2.05, 4.69) is 20.3 Å². The summed E-state index contributed by atoms with van der Waals surface area (Å²) >= 11 is 0. The number of nitrogens with zero attached hydrogens (tertiary/aromatic N) is 4. The minimum absolute atomic E-state index is 0.124. The number of nitrogens with one attached hydrogen (secondary N) is 1. The summed E-state index contributed by atoms with van der Waals surface area (Å²) in [7, 11) is 1.77. The van der Waals surface area contributed by atoms with E-state index in [1.165, 1.54) is 17.3 Å². The Kier molecular flexibility index (Phi) is 4.87. The van der Waals surface area contributed by atoms with Crippen LogP contribution >= 0.6 is 0 Å².